The molecule has 4 aromatic rings. The number of hydrogen-bond donors (Lipinski definition) is 0. The van der Waals surface area contributed by atoms with Gasteiger partial charge in [-0.05, 0) is 43.3 Å². The van der Waals surface area contributed by atoms with Crippen LogP contribution in [0.25, 0.3) is 11.3 Å². The van der Waals surface area contributed by atoms with Gasteiger partial charge in [-0.25, -0.2) is 9.97 Å². The molecule has 0 saturated carbocycles. The number of rotatable bonds is 7. The maximum absolute atomic E-state index is 6.52. The third kappa shape index (κ3) is 4.93. The molecule has 33 heavy (non-hydrogen) atoms. The van der Waals surface area contributed by atoms with Gasteiger partial charge in [0.1, 0.15) is 18.5 Å². The smallest absolute Gasteiger partial charge is 0.215 e. The molecule has 2 atom stereocenters. The minimum absolute atomic E-state index is 0.277. The highest BCUT2D eigenvalue weighted by Gasteiger charge is 2.45. The van der Waals surface area contributed by atoms with E-state index in [1.807, 2.05) is 48.0 Å². The predicted octanol–water partition coefficient (Wildman–Crippen LogP) is 5.97. The summed E-state index contributed by atoms with van der Waals surface area (Å²) in [6.45, 7) is 3.10. The van der Waals surface area contributed by atoms with Gasteiger partial charge in [-0.2, -0.15) is 0 Å². The number of imidazole rings is 1. The first-order valence-corrected chi connectivity index (χ1v) is 12.0. The van der Waals surface area contributed by atoms with E-state index in [1.54, 1.807) is 36.0 Å². The molecular formula is C24H21Cl2N3O3S. The van der Waals surface area contributed by atoms with E-state index in [0.717, 1.165) is 22.0 Å². The number of halogens is 2. The van der Waals surface area contributed by atoms with Crippen LogP contribution in [0.5, 0.6) is 5.75 Å². The van der Waals surface area contributed by atoms with Crippen LogP contribution >= 0.6 is 34.5 Å². The lowest BCUT2D eigenvalue weighted by Crippen LogP contribution is -2.34. The summed E-state index contributed by atoms with van der Waals surface area (Å²) in [6, 6.07) is 13.2. The van der Waals surface area contributed by atoms with E-state index in [9.17, 15) is 0 Å². The molecule has 0 amide bonds. The van der Waals surface area contributed by atoms with Crippen molar-refractivity contribution in [2.45, 2.75) is 25.4 Å². The zero-order valence-electron chi connectivity index (χ0n) is 17.8. The molecule has 3 heterocycles. The fourth-order valence-corrected chi connectivity index (χ4v) is 4.96. The van der Waals surface area contributed by atoms with Crippen LogP contribution in [0.3, 0.4) is 0 Å². The van der Waals surface area contributed by atoms with Crippen molar-refractivity contribution in [1.82, 2.24) is 14.5 Å². The molecule has 0 radical (unpaired) electrons. The highest BCUT2D eigenvalue weighted by molar-refractivity contribution is 7.09. The Labute approximate surface area is 205 Å². The van der Waals surface area contributed by atoms with Gasteiger partial charge in [0.25, 0.3) is 0 Å². The number of aryl methyl sites for hydroxylation is 1. The van der Waals surface area contributed by atoms with Crippen molar-refractivity contribution in [3.63, 3.8) is 0 Å². The molecule has 2 aromatic heterocycles. The fourth-order valence-electron chi connectivity index (χ4n) is 3.78. The van der Waals surface area contributed by atoms with Gasteiger partial charge in [-0.3, -0.25) is 0 Å². The Morgan fingerprint density at radius 1 is 1.21 bits per heavy atom. The van der Waals surface area contributed by atoms with Crippen molar-refractivity contribution < 1.29 is 14.2 Å². The third-order valence-corrected chi connectivity index (χ3v) is 6.68. The summed E-state index contributed by atoms with van der Waals surface area (Å²) in [5.74, 6) is -0.311. The number of ether oxygens (including phenoxy) is 3. The van der Waals surface area contributed by atoms with Crippen LogP contribution in [0.15, 0.2) is 66.6 Å². The largest absolute Gasteiger partial charge is 0.491 e. The van der Waals surface area contributed by atoms with Crippen LogP contribution in [0.1, 0.15) is 10.6 Å². The monoisotopic (exact) mass is 501 g/mol. The van der Waals surface area contributed by atoms with Crippen molar-refractivity contribution in [1.29, 1.82) is 0 Å². The van der Waals surface area contributed by atoms with E-state index >= 15 is 0 Å². The van der Waals surface area contributed by atoms with Gasteiger partial charge in [0.2, 0.25) is 5.79 Å². The van der Waals surface area contributed by atoms with Gasteiger partial charge >= 0.3 is 0 Å². The lowest BCUT2D eigenvalue weighted by molar-refractivity contribution is -0.189. The molecule has 1 fully saturated rings. The van der Waals surface area contributed by atoms with Gasteiger partial charge in [-0.15, -0.1) is 11.3 Å². The van der Waals surface area contributed by atoms with E-state index in [0.29, 0.717) is 35.4 Å². The molecule has 0 aliphatic carbocycles. The Bertz CT molecular complexity index is 1230. The predicted molar refractivity (Wildman–Crippen MR) is 129 cm³/mol. The zero-order valence-corrected chi connectivity index (χ0v) is 20.1. The average Bonchev–Trinajstić information content (AvgIpc) is 3.55. The topological polar surface area (TPSA) is 58.4 Å². The molecule has 9 heteroatoms. The fraction of sp³-hybridized carbons (Fsp3) is 0.250. The molecule has 1 aliphatic rings. The minimum atomic E-state index is -1.07. The first-order valence-electron chi connectivity index (χ1n) is 10.4. The van der Waals surface area contributed by atoms with Crippen molar-refractivity contribution in [3.8, 4) is 17.0 Å². The normalized spacial score (nSPS) is 20.3. The summed E-state index contributed by atoms with van der Waals surface area (Å²) in [6.07, 6.45) is 5.01. The van der Waals surface area contributed by atoms with E-state index in [-0.39, 0.29) is 6.10 Å². The highest BCUT2D eigenvalue weighted by atomic mass is 35.5. The summed E-state index contributed by atoms with van der Waals surface area (Å²) in [7, 11) is 0. The third-order valence-electron chi connectivity index (χ3n) is 5.36. The SMILES string of the molecule is Cc1nc(-c2ccc(OC[C@H]3CO[C@@](Cn4ccnc4)(c4ccc(Cl)cc4Cl)O3)cc2)cs1. The second kappa shape index (κ2) is 9.44. The number of aromatic nitrogens is 3. The summed E-state index contributed by atoms with van der Waals surface area (Å²) >= 11 is 14.3. The quantitative estimate of drug-likeness (QED) is 0.312. The zero-order chi connectivity index (χ0) is 22.8. The van der Waals surface area contributed by atoms with E-state index in [4.69, 9.17) is 37.4 Å². The standard InChI is InChI=1S/C24H21Cl2N3O3S/c1-16-28-23(13-33-16)17-2-5-19(6-3-17)30-11-20-12-31-24(32-20,14-29-9-8-27-15-29)21-7-4-18(25)10-22(21)26/h2-10,13,15,20H,11-12,14H2,1H3/t20-,24+/m0/s1. The molecule has 2 aromatic carbocycles. The number of nitrogens with zero attached hydrogens (tertiary/aromatic N) is 3. The van der Waals surface area contributed by atoms with E-state index < -0.39 is 5.79 Å². The van der Waals surface area contributed by atoms with Crippen LogP contribution in [0, 0.1) is 6.92 Å². The molecule has 0 spiro atoms. The minimum Gasteiger partial charge on any atom is -0.491 e. The van der Waals surface area contributed by atoms with Gasteiger partial charge in [-0.1, -0.05) is 29.3 Å². The van der Waals surface area contributed by atoms with Crippen LogP contribution in [0.2, 0.25) is 10.0 Å². The number of hydrogen-bond acceptors (Lipinski definition) is 6. The Morgan fingerprint density at radius 2 is 2.06 bits per heavy atom. The average molecular weight is 502 g/mol. The second-order valence-electron chi connectivity index (χ2n) is 7.75. The van der Waals surface area contributed by atoms with Gasteiger partial charge in [0, 0.05) is 33.9 Å². The maximum Gasteiger partial charge on any atom is 0.215 e. The number of benzene rings is 2. The molecule has 1 saturated heterocycles. The van der Waals surface area contributed by atoms with E-state index in [1.165, 1.54) is 0 Å². The van der Waals surface area contributed by atoms with Gasteiger partial charge < -0.3 is 18.8 Å². The molecule has 5 rings (SSSR count). The van der Waals surface area contributed by atoms with E-state index in [2.05, 4.69) is 15.3 Å². The van der Waals surface area contributed by atoms with Crippen molar-refractivity contribution in [2.75, 3.05) is 13.2 Å². The second-order valence-corrected chi connectivity index (χ2v) is 9.66. The summed E-state index contributed by atoms with van der Waals surface area (Å²) in [5, 5.41) is 4.13. The first kappa shape index (κ1) is 22.4. The Hall–Kier alpha value is -2.42. The summed E-state index contributed by atoms with van der Waals surface area (Å²) in [5.41, 5.74) is 2.75. The van der Waals surface area contributed by atoms with Gasteiger partial charge in [0.05, 0.1) is 35.2 Å². The molecule has 0 N–H and O–H groups in total. The summed E-state index contributed by atoms with van der Waals surface area (Å²) in [4.78, 5) is 8.64. The van der Waals surface area contributed by atoms with Crippen molar-refractivity contribution in [2.24, 2.45) is 0 Å². The summed E-state index contributed by atoms with van der Waals surface area (Å²) < 4.78 is 20.5. The maximum atomic E-state index is 6.52. The van der Waals surface area contributed by atoms with Crippen LogP contribution in [-0.4, -0.2) is 33.9 Å². The van der Waals surface area contributed by atoms with Crippen molar-refractivity contribution >= 4 is 34.5 Å². The Kier molecular flexibility index (Phi) is 6.40. The molecule has 6 nitrogen and oxygen atoms in total. The molecular weight excluding hydrogens is 481 g/mol. The molecule has 0 unspecified atom stereocenters. The van der Waals surface area contributed by atoms with Crippen LogP contribution in [-0.2, 0) is 21.8 Å². The Morgan fingerprint density at radius 3 is 2.76 bits per heavy atom. The lowest BCUT2D eigenvalue weighted by atomic mass is 10.1. The molecule has 1 aliphatic heterocycles. The molecule has 0 bridgehead atoms. The Balaban J connectivity index is 1.29. The first-order chi connectivity index (χ1) is 16.0. The van der Waals surface area contributed by atoms with Crippen LogP contribution < -0.4 is 4.74 Å². The van der Waals surface area contributed by atoms with Gasteiger partial charge in [0.15, 0.2) is 0 Å². The number of thiazole rings is 1. The highest BCUT2D eigenvalue weighted by Crippen LogP contribution is 2.40. The van der Waals surface area contributed by atoms with Crippen LogP contribution in [0.4, 0.5) is 0 Å². The van der Waals surface area contributed by atoms with Crippen molar-refractivity contribution in [3.05, 3.63) is 87.2 Å². The lowest BCUT2D eigenvalue weighted by Gasteiger charge is -2.30. The molecule has 170 valence electrons.